The molecule has 3 aromatic heterocycles. The molecule has 0 radical (unpaired) electrons. The van der Waals surface area contributed by atoms with Gasteiger partial charge in [-0.05, 0) is 71.8 Å². The monoisotopic (exact) mass is 471 g/mol. The van der Waals surface area contributed by atoms with Gasteiger partial charge >= 0.3 is 0 Å². The van der Waals surface area contributed by atoms with Crippen molar-refractivity contribution in [1.82, 2.24) is 15.0 Å². The largest absolute Gasteiger partial charge is 0.398 e. The van der Waals surface area contributed by atoms with Gasteiger partial charge in [-0.25, -0.2) is 0 Å². The lowest BCUT2D eigenvalue weighted by atomic mass is 9.83. The van der Waals surface area contributed by atoms with Crippen molar-refractivity contribution in [3.05, 3.63) is 109 Å². The Labute approximate surface area is 211 Å². The molecule has 0 bridgehead atoms. The van der Waals surface area contributed by atoms with Crippen molar-refractivity contribution in [2.45, 2.75) is 25.7 Å². The zero-order valence-electron chi connectivity index (χ0n) is 20.2. The fourth-order valence-electron chi connectivity index (χ4n) is 4.94. The number of nitrogens with zero attached hydrogens (tertiary/aromatic N) is 2. The summed E-state index contributed by atoms with van der Waals surface area (Å²) in [6, 6.07) is 21.0. The van der Waals surface area contributed by atoms with Gasteiger partial charge in [0, 0.05) is 64.1 Å². The molecular formula is C31H29N5. The highest BCUT2D eigenvalue weighted by atomic mass is 14.9. The molecule has 0 unspecified atom stereocenters. The second-order valence-electron chi connectivity index (χ2n) is 9.63. The number of nitrogens with one attached hydrogen (secondary N) is 2. The number of nitrogen functional groups attached to an aromatic ring is 1. The quantitative estimate of drug-likeness (QED) is 0.219. The maximum absolute atomic E-state index is 6.42. The van der Waals surface area contributed by atoms with E-state index >= 15 is 0 Å². The van der Waals surface area contributed by atoms with Gasteiger partial charge in [-0.1, -0.05) is 37.3 Å². The molecule has 0 saturated heterocycles. The van der Waals surface area contributed by atoms with Gasteiger partial charge in [-0.2, -0.15) is 0 Å². The fourth-order valence-corrected chi connectivity index (χ4v) is 4.94. The van der Waals surface area contributed by atoms with Crippen molar-refractivity contribution in [3.8, 4) is 22.3 Å². The summed E-state index contributed by atoms with van der Waals surface area (Å²) in [7, 11) is 0. The van der Waals surface area contributed by atoms with E-state index in [0.29, 0.717) is 12.3 Å². The van der Waals surface area contributed by atoms with Crippen LogP contribution in [0, 0.1) is 5.92 Å². The third-order valence-corrected chi connectivity index (χ3v) is 7.19. The van der Waals surface area contributed by atoms with Gasteiger partial charge in [0.05, 0.1) is 11.9 Å². The maximum atomic E-state index is 6.42. The molecule has 0 spiro atoms. The Morgan fingerprint density at radius 1 is 0.944 bits per heavy atom. The molecule has 0 aliphatic heterocycles. The number of hydrogen-bond donors (Lipinski definition) is 3. The van der Waals surface area contributed by atoms with E-state index in [-0.39, 0.29) is 0 Å². The minimum atomic E-state index is 0.576. The Morgan fingerprint density at radius 2 is 1.83 bits per heavy atom. The van der Waals surface area contributed by atoms with E-state index in [9.17, 15) is 0 Å². The fraction of sp³-hybridized carbons (Fsp3) is 0.161. The van der Waals surface area contributed by atoms with Crippen molar-refractivity contribution >= 4 is 22.3 Å². The second kappa shape index (κ2) is 9.34. The number of rotatable bonds is 7. The van der Waals surface area contributed by atoms with Gasteiger partial charge in [0.1, 0.15) is 0 Å². The van der Waals surface area contributed by atoms with Crippen LogP contribution in [0.5, 0.6) is 0 Å². The molecule has 1 fully saturated rings. The first kappa shape index (κ1) is 22.1. The highest BCUT2D eigenvalue weighted by Gasteiger charge is 2.20. The van der Waals surface area contributed by atoms with Crippen LogP contribution in [0.2, 0.25) is 0 Å². The predicted octanol–water partition coefficient (Wildman–Crippen LogP) is 7.19. The average Bonchev–Trinajstić information content (AvgIpc) is 3.27. The molecule has 5 aromatic rings. The van der Waals surface area contributed by atoms with Crippen LogP contribution in [0.15, 0.2) is 97.7 Å². The highest BCUT2D eigenvalue weighted by molar-refractivity contribution is 5.95. The van der Waals surface area contributed by atoms with Gasteiger partial charge in [0.2, 0.25) is 0 Å². The Kier molecular flexibility index (Phi) is 5.74. The van der Waals surface area contributed by atoms with E-state index in [1.165, 1.54) is 30.2 Å². The van der Waals surface area contributed by atoms with E-state index in [2.05, 4.69) is 75.4 Å². The maximum Gasteiger partial charge on any atom is 0.0574 e. The summed E-state index contributed by atoms with van der Waals surface area (Å²) in [4.78, 5) is 12.3. The number of anilines is 2. The Balaban J connectivity index is 1.28. The molecule has 36 heavy (non-hydrogen) atoms. The number of aromatic nitrogens is 3. The van der Waals surface area contributed by atoms with E-state index < -0.39 is 0 Å². The molecule has 5 heteroatoms. The van der Waals surface area contributed by atoms with Crippen LogP contribution >= 0.6 is 0 Å². The molecular weight excluding hydrogens is 442 g/mol. The summed E-state index contributed by atoms with van der Waals surface area (Å²) in [6.45, 7) is 4.23. The number of benzene rings is 2. The molecule has 5 nitrogen and oxygen atoms in total. The number of allylic oxidation sites excluding steroid dienone is 1. The van der Waals surface area contributed by atoms with Gasteiger partial charge in [-0.15, -0.1) is 0 Å². The van der Waals surface area contributed by atoms with E-state index in [4.69, 9.17) is 5.73 Å². The first-order valence-corrected chi connectivity index (χ1v) is 12.4. The molecule has 1 aliphatic rings. The lowest BCUT2D eigenvalue weighted by molar-refractivity contribution is 0.371. The molecule has 0 atom stereocenters. The van der Waals surface area contributed by atoms with Crippen molar-refractivity contribution in [2.24, 2.45) is 5.92 Å². The van der Waals surface area contributed by atoms with E-state index in [0.717, 1.165) is 50.5 Å². The topological polar surface area (TPSA) is 79.6 Å². The molecule has 0 amide bonds. The van der Waals surface area contributed by atoms with Crippen LogP contribution in [0.25, 0.3) is 33.2 Å². The Bertz CT molecular complexity index is 1550. The van der Waals surface area contributed by atoms with Crippen molar-refractivity contribution in [2.75, 3.05) is 11.1 Å². The summed E-state index contributed by atoms with van der Waals surface area (Å²) in [5.41, 5.74) is 17.0. The Hall–Kier alpha value is -4.38. The number of hydrogen-bond acceptors (Lipinski definition) is 4. The van der Waals surface area contributed by atoms with Crippen LogP contribution in [0.4, 0.5) is 11.4 Å². The molecule has 178 valence electrons. The predicted molar refractivity (Wildman–Crippen MR) is 149 cm³/mol. The normalized spacial score (nSPS) is 13.4. The van der Waals surface area contributed by atoms with Crippen molar-refractivity contribution in [1.29, 1.82) is 0 Å². The first-order chi connectivity index (χ1) is 17.6. The molecule has 4 N–H and O–H groups in total. The summed E-state index contributed by atoms with van der Waals surface area (Å²) in [5, 5.41) is 4.65. The van der Waals surface area contributed by atoms with Crippen molar-refractivity contribution in [3.63, 3.8) is 0 Å². The van der Waals surface area contributed by atoms with E-state index in [1.807, 2.05) is 30.7 Å². The van der Waals surface area contributed by atoms with E-state index in [1.54, 1.807) is 6.20 Å². The summed E-state index contributed by atoms with van der Waals surface area (Å²) >= 11 is 0. The lowest BCUT2D eigenvalue weighted by Crippen LogP contribution is -2.18. The molecule has 3 heterocycles. The number of nitrogens with two attached hydrogens (primary N) is 1. The third kappa shape index (κ3) is 4.36. The van der Waals surface area contributed by atoms with Gasteiger partial charge in [0.25, 0.3) is 0 Å². The summed E-state index contributed by atoms with van der Waals surface area (Å²) in [6.07, 6.45) is 11.9. The zero-order chi connectivity index (χ0) is 24.5. The van der Waals surface area contributed by atoms with Crippen LogP contribution < -0.4 is 11.1 Å². The number of H-pyrrole nitrogens is 1. The smallest absolute Gasteiger partial charge is 0.0574 e. The molecule has 1 aliphatic carbocycles. The third-order valence-electron chi connectivity index (χ3n) is 7.19. The van der Waals surface area contributed by atoms with Gasteiger partial charge in [0.15, 0.2) is 0 Å². The second-order valence-corrected chi connectivity index (χ2v) is 9.63. The number of pyridine rings is 2. The summed E-state index contributed by atoms with van der Waals surface area (Å²) < 4.78 is 0. The Morgan fingerprint density at radius 3 is 2.64 bits per heavy atom. The SMILES string of the molecule is C=C(Nc1cncc(-c2ccc(N)c(Cc3cc4c(-c5cccnc5)cccc4[nH]3)c2)c1)C1CCC1. The van der Waals surface area contributed by atoms with Crippen LogP contribution in [0.1, 0.15) is 30.5 Å². The first-order valence-electron chi connectivity index (χ1n) is 12.4. The number of fused-ring (bicyclic) bond motifs is 1. The van der Waals surface area contributed by atoms with Crippen LogP contribution in [-0.4, -0.2) is 15.0 Å². The minimum absolute atomic E-state index is 0.576. The standard InChI is InChI=1S/C31H29N5/c1-20(21-5-2-6-21)35-27-15-25(18-34-19-27)22-10-11-30(32)24(13-22)14-26-16-29-28(8-3-9-31(29)36-26)23-7-4-12-33-17-23/h3-4,7-13,15-19,21,35-36H,1-2,5-6,14,32H2. The molecule has 2 aromatic carbocycles. The zero-order valence-corrected chi connectivity index (χ0v) is 20.2. The number of aromatic amines is 1. The summed E-state index contributed by atoms with van der Waals surface area (Å²) in [5.74, 6) is 0.576. The molecule has 6 rings (SSSR count). The van der Waals surface area contributed by atoms with Crippen LogP contribution in [-0.2, 0) is 6.42 Å². The molecule has 1 saturated carbocycles. The van der Waals surface area contributed by atoms with Gasteiger partial charge < -0.3 is 16.0 Å². The highest BCUT2D eigenvalue weighted by Crippen LogP contribution is 2.34. The minimum Gasteiger partial charge on any atom is -0.398 e. The average molecular weight is 472 g/mol. The lowest BCUT2D eigenvalue weighted by Gasteiger charge is -2.28. The van der Waals surface area contributed by atoms with Gasteiger partial charge in [-0.3, -0.25) is 9.97 Å². The van der Waals surface area contributed by atoms with Crippen molar-refractivity contribution < 1.29 is 0 Å². The van der Waals surface area contributed by atoms with Crippen LogP contribution in [0.3, 0.4) is 0 Å².